The fourth-order valence-corrected chi connectivity index (χ4v) is 1.63. The van der Waals surface area contributed by atoms with E-state index in [1.807, 2.05) is 6.92 Å². The SMILES string of the molecule is CCn1cc(Cl)cc1C(=O)NCCCN=[N+]=[N-]. The largest absolute Gasteiger partial charge is 0.351 e. The van der Waals surface area contributed by atoms with Crippen molar-refractivity contribution in [2.24, 2.45) is 5.11 Å². The van der Waals surface area contributed by atoms with Crippen LogP contribution in [0.1, 0.15) is 23.8 Å². The second-order valence-electron chi connectivity index (χ2n) is 3.39. The molecule has 6 nitrogen and oxygen atoms in total. The van der Waals surface area contributed by atoms with Gasteiger partial charge in [0.25, 0.3) is 5.91 Å². The van der Waals surface area contributed by atoms with E-state index < -0.39 is 0 Å². The highest BCUT2D eigenvalue weighted by atomic mass is 35.5. The maximum Gasteiger partial charge on any atom is 0.267 e. The number of azide groups is 1. The van der Waals surface area contributed by atoms with Crippen LogP contribution in [0.15, 0.2) is 17.4 Å². The molecule has 0 unspecified atom stereocenters. The normalized spacial score (nSPS) is 9.76. The number of hydrogen-bond donors (Lipinski definition) is 1. The maximum absolute atomic E-state index is 11.8. The van der Waals surface area contributed by atoms with E-state index >= 15 is 0 Å². The second kappa shape index (κ2) is 6.83. The minimum Gasteiger partial charge on any atom is -0.351 e. The molecule has 7 heteroatoms. The van der Waals surface area contributed by atoms with Gasteiger partial charge in [-0.25, -0.2) is 0 Å². The highest BCUT2D eigenvalue weighted by Crippen LogP contribution is 2.13. The van der Waals surface area contributed by atoms with Crippen molar-refractivity contribution in [3.05, 3.63) is 33.4 Å². The van der Waals surface area contributed by atoms with Gasteiger partial charge in [0, 0.05) is 30.7 Å². The number of hydrogen-bond acceptors (Lipinski definition) is 2. The Bertz CT molecular complexity index is 436. The molecule has 1 heterocycles. The van der Waals surface area contributed by atoms with Gasteiger partial charge < -0.3 is 9.88 Å². The standard InChI is InChI=1S/C10H14ClN5O/c1-2-16-7-8(11)6-9(16)10(17)13-4-3-5-14-15-12/h6-7H,2-5H2,1H3,(H,13,17). The lowest BCUT2D eigenvalue weighted by atomic mass is 10.3. The molecule has 0 aromatic carbocycles. The van der Waals surface area contributed by atoms with Crippen molar-refractivity contribution in [2.45, 2.75) is 19.9 Å². The summed E-state index contributed by atoms with van der Waals surface area (Å²) in [4.78, 5) is 14.4. The van der Waals surface area contributed by atoms with Crippen molar-refractivity contribution in [2.75, 3.05) is 13.1 Å². The number of carbonyl (C=O) groups is 1. The monoisotopic (exact) mass is 255 g/mol. The zero-order chi connectivity index (χ0) is 12.7. The van der Waals surface area contributed by atoms with Crippen LogP contribution in [0, 0.1) is 0 Å². The van der Waals surface area contributed by atoms with E-state index in [0.717, 1.165) is 0 Å². The van der Waals surface area contributed by atoms with Crippen LogP contribution in [0.25, 0.3) is 10.4 Å². The molecule has 0 aliphatic carbocycles. The topological polar surface area (TPSA) is 82.8 Å². The first-order valence-corrected chi connectivity index (χ1v) is 5.71. The lowest BCUT2D eigenvalue weighted by Crippen LogP contribution is -2.27. The number of carbonyl (C=O) groups excluding carboxylic acids is 1. The Morgan fingerprint density at radius 3 is 3.12 bits per heavy atom. The van der Waals surface area contributed by atoms with Gasteiger partial charge in [0.1, 0.15) is 5.69 Å². The Labute approximate surface area is 104 Å². The quantitative estimate of drug-likeness (QED) is 0.360. The summed E-state index contributed by atoms with van der Waals surface area (Å²) >= 11 is 5.83. The first-order valence-electron chi connectivity index (χ1n) is 5.33. The van der Waals surface area contributed by atoms with Crippen molar-refractivity contribution in [3.8, 4) is 0 Å². The summed E-state index contributed by atoms with van der Waals surface area (Å²) in [6.45, 7) is 3.49. The van der Waals surface area contributed by atoms with Crippen molar-refractivity contribution >= 4 is 17.5 Å². The van der Waals surface area contributed by atoms with Crippen LogP contribution in [0.2, 0.25) is 5.02 Å². The van der Waals surface area contributed by atoms with E-state index in [1.165, 1.54) is 0 Å². The predicted octanol–water partition coefficient (Wildman–Crippen LogP) is 2.59. The van der Waals surface area contributed by atoms with E-state index in [2.05, 4.69) is 15.3 Å². The number of aryl methyl sites for hydroxylation is 1. The fourth-order valence-electron chi connectivity index (χ4n) is 1.41. The fraction of sp³-hybridized carbons (Fsp3) is 0.500. The molecule has 1 aromatic rings. The van der Waals surface area contributed by atoms with E-state index in [1.54, 1.807) is 16.8 Å². The van der Waals surface area contributed by atoms with Crippen molar-refractivity contribution in [1.29, 1.82) is 0 Å². The zero-order valence-electron chi connectivity index (χ0n) is 9.56. The summed E-state index contributed by atoms with van der Waals surface area (Å²) in [7, 11) is 0. The Morgan fingerprint density at radius 1 is 1.71 bits per heavy atom. The molecule has 0 spiro atoms. The number of aromatic nitrogens is 1. The molecule has 1 rings (SSSR count). The van der Waals surface area contributed by atoms with Crippen molar-refractivity contribution in [3.63, 3.8) is 0 Å². The number of nitrogens with zero attached hydrogens (tertiary/aromatic N) is 4. The lowest BCUT2D eigenvalue weighted by Gasteiger charge is -2.06. The Kier molecular flexibility index (Phi) is 5.39. The Hall–Kier alpha value is -1.65. The minimum atomic E-state index is -0.167. The van der Waals surface area contributed by atoms with E-state index in [-0.39, 0.29) is 5.91 Å². The zero-order valence-corrected chi connectivity index (χ0v) is 10.3. The van der Waals surface area contributed by atoms with Gasteiger partial charge in [-0.2, -0.15) is 0 Å². The van der Waals surface area contributed by atoms with Crippen molar-refractivity contribution in [1.82, 2.24) is 9.88 Å². The molecule has 0 bridgehead atoms. The minimum absolute atomic E-state index is 0.167. The van der Waals surface area contributed by atoms with Gasteiger partial charge in [-0.3, -0.25) is 4.79 Å². The summed E-state index contributed by atoms with van der Waals surface area (Å²) in [6, 6.07) is 1.63. The average Bonchev–Trinajstić information content (AvgIpc) is 2.70. The van der Waals surface area contributed by atoms with E-state index in [0.29, 0.717) is 36.8 Å². The molecule has 0 radical (unpaired) electrons. The molecule has 0 aliphatic rings. The summed E-state index contributed by atoms with van der Waals surface area (Å²) in [5, 5.41) is 6.67. The summed E-state index contributed by atoms with van der Waals surface area (Å²) in [6.07, 6.45) is 2.34. The van der Waals surface area contributed by atoms with Crippen LogP contribution in [0.3, 0.4) is 0 Å². The summed E-state index contributed by atoms with van der Waals surface area (Å²) in [5.74, 6) is -0.167. The highest BCUT2D eigenvalue weighted by molar-refractivity contribution is 6.31. The third-order valence-electron chi connectivity index (χ3n) is 2.22. The van der Waals surface area contributed by atoms with Gasteiger partial charge in [0.05, 0.1) is 5.02 Å². The lowest BCUT2D eigenvalue weighted by molar-refractivity contribution is 0.0944. The molecule has 0 fully saturated rings. The van der Waals surface area contributed by atoms with Crippen molar-refractivity contribution < 1.29 is 4.79 Å². The van der Waals surface area contributed by atoms with Gasteiger partial charge in [0.15, 0.2) is 0 Å². The molecule has 1 aromatic heterocycles. The number of nitrogens with one attached hydrogen (secondary N) is 1. The van der Waals surface area contributed by atoms with Crippen LogP contribution in [0.5, 0.6) is 0 Å². The van der Waals surface area contributed by atoms with Crippen LogP contribution in [0.4, 0.5) is 0 Å². The third kappa shape index (κ3) is 4.01. The molecule has 17 heavy (non-hydrogen) atoms. The smallest absolute Gasteiger partial charge is 0.267 e. The highest BCUT2D eigenvalue weighted by Gasteiger charge is 2.11. The first-order chi connectivity index (χ1) is 8.19. The summed E-state index contributed by atoms with van der Waals surface area (Å²) in [5.41, 5.74) is 8.62. The van der Waals surface area contributed by atoms with Gasteiger partial charge in [-0.05, 0) is 24.9 Å². The van der Waals surface area contributed by atoms with Crippen LogP contribution < -0.4 is 5.32 Å². The molecule has 0 atom stereocenters. The van der Waals surface area contributed by atoms with E-state index in [4.69, 9.17) is 17.1 Å². The Balaban J connectivity index is 2.48. The van der Waals surface area contributed by atoms with Gasteiger partial charge >= 0.3 is 0 Å². The van der Waals surface area contributed by atoms with Crippen LogP contribution in [-0.2, 0) is 6.54 Å². The molecular weight excluding hydrogens is 242 g/mol. The van der Waals surface area contributed by atoms with Crippen LogP contribution in [-0.4, -0.2) is 23.6 Å². The van der Waals surface area contributed by atoms with Gasteiger partial charge in [-0.1, -0.05) is 16.7 Å². The van der Waals surface area contributed by atoms with E-state index in [9.17, 15) is 4.79 Å². The summed E-state index contributed by atoms with van der Waals surface area (Å²) < 4.78 is 1.78. The van der Waals surface area contributed by atoms with Gasteiger partial charge in [0.2, 0.25) is 0 Å². The molecule has 92 valence electrons. The van der Waals surface area contributed by atoms with Crippen LogP contribution >= 0.6 is 11.6 Å². The molecule has 0 saturated heterocycles. The molecule has 0 aliphatic heterocycles. The first kappa shape index (κ1) is 13.4. The molecule has 1 amide bonds. The second-order valence-corrected chi connectivity index (χ2v) is 3.83. The van der Waals surface area contributed by atoms with Gasteiger partial charge in [-0.15, -0.1) is 0 Å². The molecular formula is C10H14ClN5O. The predicted molar refractivity (Wildman–Crippen MR) is 66.1 cm³/mol. The molecule has 1 N–H and O–H groups in total. The number of amides is 1. The maximum atomic E-state index is 11.8. The third-order valence-corrected chi connectivity index (χ3v) is 2.43. The number of rotatable bonds is 6. The number of halogens is 1. The average molecular weight is 256 g/mol. The Morgan fingerprint density at radius 2 is 2.47 bits per heavy atom. The molecule has 0 saturated carbocycles.